The van der Waals surface area contributed by atoms with Crippen molar-refractivity contribution in [3.8, 4) is 0 Å². The van der Waals surface area contributed by atoms with Crippen LogP contribution in [0.1, 0.15) is 21.5 Å². The van der Waals surface area contributed by atoms with Gasteiger partial charge < -0.3 is 11.1 Å². The third-order valence-electron chi connectivity index (χ3n) is 2.98. The van der Waals surface area contributed by atoms with Gasteiger partial charge in [-0.1, -0.05) is 12.1 Å². The molecule has 3 nitrogen and oxygen atoms in total. The van der Waals surface area contributed by atoms with Crippen molar-refractivity contribution in [1.29, 1.82) is 0 Å². The maximum absolute atomic E-state index is 13.2. The third-order valence-corrected chi connectivity index (χ3v) is 2.98. The predicted molar refractivity (Wildman–Crippen MR) is 74.6 cm³/mol. The minimum atomic E-state index is -1.11. The Kier molecular flexibility index (Phi) is 3.70. The maximum atomic E-state index is 13.2. The number of amides is 1. The van der Waals surface area contributed by atoms with Gasteiger partial charge in [-0.25, -0.2) is 8.78 Å². The van der Waals surface area contributed by atoms with Crippen molar-refractivity contribution in [3.05, 3.63) is 58.7 Å². The molecule has 0 aliphatic heterocycles. The molecule has 0 saturated heterocycles. The highest BCUT2D eigenvalue weighted by Crippen LogP contribution is 2.21. The molecule has 2 rings (SSSR count). The van der Waals surface area contributed by atoms with Crippen molar-refractivity contribution in [2.45, 2.75) is 13.8 Å². The summed E-state index contributed by atoms with van der Waals surface area (Å²) in [6, 6.07) is 7.16. The van der Waals surface area contributed by atoms with E-state index in [-0.39, 0.29) is 11.3 Å². The van der Waals surface area contributed by atoms with Gasteiger partial charge in [0.1, 0.15) is 0 Å². The van der Waals surface area contributed by atoms with Gasteiger partial charge in [0.2, 0.25) is 0 Å². The number of carbonyl (C=O) groups excluding carboxylic acids is 1. The molecule has 2 aromatic carbocycles. The van der Waals surface area contributed by atoms with Crippen LogP contribution in [-0.2, 0) is 0 Å². The fourth-order valence-corrected chi connectivity index (χ4v) is 1.82. The number of hydrogen-bond acceptors (Lipinski definition) is 2. The van der Waals surface area contributed by atoms with Crippen LogP contribution in [0.3, 0.4) is 0 Å². The van der Waals surface area contributed by atoms with E-state index in [9.17, 15) is 13.6 Å². The summed E-state index contributed by atoms with van der Waals surface area (Å²) in [5.41, 5.74) is 7.80. The summed E-state index contributed by atoms with van der Waals surface area (Å²) in [4.78, 5) is 12.1. The zero-order chi connectivity index (χ0) is 14.9. The average molecular weight is 276 g/mol. The molecule has 0 saturated carbocycles. The number of nitrogen functional groups attached to an aromatic ring is 1. The Balaban J connectivity index is 2.33. The minimum Gasteiger partial charge on any atom is -0.398 e. The molecule has 0 spiro atoms. The molecule has 104 valence electrons. The van der Waals surface area contributed by atoms with Crippen LogP contribution in [0.25, 0.3) is 0 Å². The van der Waals surface area contributed by atoms with Crippen LogP contribution >= 0.6 is 0 Å². The highest BCUT2D eigenvalue weighted by atomic mass is 19.2. The number of halogens is 2. The van der Waals surface area contributed by atoms with Crippen LogP contribution < -0.4 is 11.1 Å². The van der Waals surface area contributed by atoms with E-state index in [4.69, 9.17) is 5.73 Å². The molecule has 5 heteroatoms. The molecule has 20 heavy (non-hydrogen) atoms. The van der Waals surface area contributed by atoms with E-state index < -0.39 is 17.5 Å². The van der Waals surface area contributed by atoms with E-state index in [2.05, 4.69) is 5.32 Å². The first kappa shape index (κ1) is 14.0. The van der Waals surface area contributed by atoms with Crippen molar-refractivity contribution in [2.24, 2.45) is 0 Å². The number of benzene rings is 2. The van der Waals surface area contributed by atoms with E-state index >= 15 is 0 Å². The summed E-state index contributed by atoms with van der Waals surface area (Å²) >= 11 is 0. The van der Waals surface area contributed by atoms with Crippen molar-refractivity contribution < 1.29 is 13.6 Å². The van der Waals surface area contributed by atoms with Crippen LogP contribution in [0.15, 0.2) is 30.3 Å². The Morgan fingerprint density at radius 2 is 1.75 bits per heavy atom. The fraction of sp³-hybridized carbons (Fsp3) is 0.133. The second kappa shape index (κ2) is 5.28. The molecule has 0 fully saturated rings. The summed E-state index contributed by atoms with van der Waals surface area (Å²) in [6.45, 7) is 3.73. The molecular weight excluding hydrogens is 262 g/mol. The summed E-state index contributed by atoms with van der Waals surface area (Å²) in [7, 11) is 0. The molecule has 0 aliphatic rings. The first-order chi connectivity index (χ1) is 9.38. The number of nitrogens with one attached hydrogen (secondary N) is 1. The normalized spacial score (nSPS) is 10.4. The molecule has 0 radical (unpaired) electrons. The largest absolute Gasteiger partial charge is 0.398 e. The fourth-order valence-electron chi connectivity index (χ4n) is 1.82. The van der Waals surface area contributed by atoms with Gasteiger partial charge in [0.05, 0.1) is 5.56 Å². The number of nitrogens with two attached hydrogens (primary N) is 1. The highest BCUT2D eigenvalue weighted by Gasteiger charge is 2.15. The number of carbonyl (C=O) groups is 1. The molecular formula is C15H14F2N2O. The average Bonchev–Trinajstić information content (AvgIpc) is 2.38. The highest BCUT2D eigenvalue weighted by molar-refractivity contribution is 6.08. The topological polar surface area (TPSA) is 55.1 Å². The molecule has 3 N–H and O–H groups in total. The van der Waals surface area contributed by atoms with Crippen LogP contribution in [0.5, 0.6) is 0 Å². The lowest BCUT2D eigenvalue weighted by molar-refractivity contribution is 0.102. The zero-order valence-electron chi connectivity index (χ0n) is 11.1. The first-order valence-corrected chi connectivity index (χ1v) is 6.01. The van der Waals surface area contributed by atoms with E-state index in [0.29, 0.717) is 5.69 Å². The van der Waals surface area contributed by atoms with Crippen LogP contribution in [0.4, 0.5) is 20.2 Å². The summed E-state index contributed by atoms with van der Waals surface area (Å²) in [5.74, 6) is -2.76. The van der Waals surface area contributed by atoms with Gasteiger partial charge in [-0.2, -0.15) is 0 Å². The quantitative estimate of drug-likeness (QED) is 0.826. The smallest absolute Gasteiger partial charge is 0.257 e. The first-order valence-electron chi connectivity index (χ1n) is 6.01. The minimum absolute atomic E-state index is 0.0928. The van der Waals surface area contributed by atoms with E-state index in [1.54, 1.807) is 6.07 Å². The Hall–Kier alpha value is -2.43. The Bertz CT molecular complexity index is 684. The van der Waals surface area contributed by atoms with Gasteiger partial charge in [-0.3, -0.25) is 4.79 Å². The molecule has 0 atom stereocenters. The molecule has 2 aromatic rings. The summed E-state index contributed by atoms with van der Waals surface area (Å²) in [5, 5.41) is 2.65. The van der Waals surface area contributed by atoms with E-state index in [1.165, 1.54) is 0 Å². The Morgan fingerprint density at radius 1 is 1.10 bits per heavy atom. The van der Waals surface area contributed by atoms with Crippen molar-refractivity contribution in [1.82, 2.24) is 0 Å². The molecule has 1 amide bonds. The van der Waals surface area contributed by atoms with Gasteiger partial charge in [-0.15, -0.1) is 0 Å². The lowest BCUT2D eigenvalue weighted by Gasteiger charge is -2.11. The molecule has 0 unspecified atom stereocenters. The molecule has 0 heterocycles. The maximum Gasteiger partial charge on any atom is 0.257 e. The van der Waals surface area contributed by atoms with Gasteiger partial charge in [0.15, 0.2) is 11.6 Å². The number of anilines is 2. The number of rotatable bonds is 2. The summed E-state index contributed by atoms with van der Waals surface area (Å²) < 4.78 is 26.2. The zero-order valence-corrected chi connectivity index (χ0v) is 11.1. The number of hydrogen-bond donors (Lipinski definition) is 2. The third kappa shape index (κ3) is 2.77. The van der Waals surface area contributed by atoms with E-state index in [1.807, 2.05) is 26.0 Å². The SMILES string of the molecule is Cc1ccc(C)c(NC(=O)c2cc(F)c(F)cc2N)c1. The Morgan fingerprint density at radius 3 is 2.45 bits per heavy atom. The monoisotopic (exact) mass is 276 g/mol. The van der Waals surface area contributed by atoms with Crippen molar-refractivity contribution >= 4 is 17.3 Å². The molecule has 0 aromatic heterocycles. The van der Waals surface area contributed by atoms with Crippen LogP contribution in [-0.4, -0.2) is 5.91 Å². The van der Waals surface area contributed by atoms with Gasteiger partial charge >= 0.3 is 0 Å². The molecule has 0 bridgehead atoms. The van der Waals surface area contributed by atoms with Crippen LogP contribution in [0.2, 0.25) is 0 Å². The second-order valence-corrected chi connectivity index (χ2v) is 4.63. The second-order valence-electron chi connectivity index (χ2n) is 4.63. The van der Waals surface area contributed by atoms with Gasteiger partial charge in [0.25, 0.3) is 5.91 Å². The van der Waals surface area contributed by atoms with Crippen molar-refractivity contribution in [3.63, 3.8) is 0 Å². The standard InChI is InChI=1S/C15H14F2N2O/c1-8-3-4-9(2)14(5-8)19-15(20)10-6-11(16)12(17)7-13(10)18/h3-7H,18H2,1-2H3,(H,19,20). The van der Waals surface area contributed by atoms with Gasteiger partial charge in [0, 0.05) is 17.4 Å². The van der Waals surface area contributed by atoms with Crippen LogP contribution in [0, 0.1) is 25.5 Å². The lowest BCUT2D eigenvalue weighted by atomic mass is 10.1. The Labute approximate surface area is 115 Å². The summed E-state index contributed by atoms with van der Waals surface area (Å²) in [6.07, 6.45) is 0. The molecule has 0 aliphatic carbocycles. The lowest BCUT2D eigenvalue weighted by Crippen LogP contribution is -2.15. The van der Waals surface area contributed by atoms with Gasteiger partial charge in [-0.05, 0) is 37.1 Å². The van der Waals surface area contributed by atoms with Crippen molar-refractivity contribution in [2.75, 3.05) is 11.1 Å². The van der Waals surface area contributed by atoms with E-state index in [0.717, 1.165) is 23.3 Å². The number of aryl methyl sites for hydroxylation is 2. The predicted octanol–water partition coefficient (Wildman–Crippen LogP) is 3.42.